The second kappa shape index (κ2) is 4.04. The predicted octanol–water partition coefficient (Wildman–Crippen LogP) is -0.176. The Kier molecular flexibility index (Phi) is 3.30. The number of aliphatic hydroxyl groups excluding tert-OH is 2. The molecule has 0 aromatic heterocycles. The van der Waals surface area contributed by atoms with Gasteiger partial charge in [-0.05, 0) is 26.3 Å². The molecule has 0 radical (unpaired) electrons. The molecule has 3 heteroatoms. The maximum atomic E-state index is 9.46. The number of nitrogens with zero attached hydrogens (tertiary/aromatic N) is 1. The van der Waals surface area contributed by atoms with Crippen LogP contribution in [0.2, 0.25) is 0 Å². The van der Waals surface area contributed by atoms with Crippen LogP contribution < -0.4 is 0 Å². The number of hydrogen-bond acceptors (Lipinski definition) is 3. The first-order valence-corrected chi connectivity index (χ1v) is 4.25. The van der Waals surface area contributed by atoms with Gasteiger partial charge in [0.2, 0.25) is 0 Å². The number of likely N-dealkylation sites (N-methyl/N-ethyl adjacent to an activating group) is 1. The summed E-state index contributed by atoms with van der Waals surface area (Å²) in [6.45, 7) is 0.849. The van der Waals surface area contributed by atoms with Gasteiger partial charge in [0.25, 0.3) is 0 Å². The molecule has 0 spiro atoms. The standard InChI is InChI=1S/C8H17NO2/c1-9(5-6-10)7-3-2-4-8(7)11/h7-8,10-11H,2-6H2,1H3/t7-,8-/m1/s1. The van der Waals surface area contributed by atoms with E-state index in [1.54, 1.807) is 0 Å². The third-order valence-electron chi connectivity index (χ3n) is 2.46. The van der Waals surface area contributed by atoms with Gasteiger partial charge in [-0.3, -0.25) is 4.90 Å². The predicted molar refractivity (Wildman–Crippen MR) is 43.4 cm³/mol. The molecule has 11 heavy (non-hydrogen) atoms. The fourth-order valence-electron chi connectivity index (χ4n) is 1.76. The Bertz CT molecular complexity index is 119. The average Bonchev–Trinajstić information content (AvgIpc) is 2.36. The first-order valence-electron chi connectivity index (χ1n) is 4.25. The van der Waals surface area contributed by atoms with Gasteiger partial charge in [0, 0.05) is 12.6 Å². The summed E-state index contributed by atoms with van der Waals surface area (Å²) in [5.41, 5.74) is 0. The third kappa shape index (κ3) is 2.15. The molecule has 1 saturated carbocycles. The summed E-state index contributed by atoms with van der Waals surface area (Å²) in [6.07, 6.45) is 2.92. The van der Waals surface area contributed by atoms with Gasteiger partial charge in [-0.25, -0.2) is 0 Å². The van der Waals surface area contributed by atoms with E-state index in [4.69, 9.17) is 5.11 Å². The molecular weight excluding hydrogens is 142 g/mol. The summed E-state index contributed by atoms with van der Waals surface area (Å²) in [5.74, 6) is 0. The molecule has 1 aliphatic rings. The molecule has 2 N–H and O–H groups in total. The van der Waals surface area contributed by atoms with Gasteiger partial charge < -0.3 is 10.2 Å². The largest absolute Gasteiger partial charge is 0.395 e. The Morgan fingerprint density at radius 1 is 1.45 bits per heavy atom. The molecule has 66 valence electrons. The summed E-state index contributed by atoms with van der Waals surface area (Å²) in [5, 5.41) is 18.1. The first kappa shape index (κ1) is 8.97. The summed E-state index contributed by atoms with van der Waals surface area (Å²) < 4.78 is 0. The quantitative estimate of drug-likeness (QED) is 0.600. The van der Waals surface area contributed by atoms with Crippen molar-refractivity contribution in [2.75, 3.05) is 20.2 Å². The molecule has 1 fully saturated rings. The van der Waals surface area contributed by atoms with Crippen molar-refractivity contribution >= 4 is 0 Å². The summed E-state index contributed by atoms with van der Waals surface area (Å²) >= 11 is 0. The van der Waals surface area contributed by atoms with Crippen LogP contribution in [0.5, 0.6) is 0 Å². The van der Waals surface area contributed by atoms with Crippen molar-refractivity contribution in [1.29, 1.82) is 0 Å². The van der Waals surface area contributed by atoms with Crippen molar-refractivity contribution in [3.8, 4) is 0 Å². The smallest absolute Gasteiger partial charge is 0.0695 e. The highest BCUT2D eigenvalue weighted by molar-refractivity contribution is 4.83. The molecule has 0 bridgehead atoms. The lowest BCUT2D eigenvalue weighted by Crippen LogP contribution is -2.39. The minimum atomic E-state index is -0.174. The SMILES string of the molecule is CN(CCO)[C@@H]1CCC[C@H]1O. The Hall–Kier alpha value is -0.120. The van der Waals surface area contributed by atoms with Crippen molar-refractivity contribution in [2.24, 2.45) is 0 Å². The molecule has 1 rings (SSSR count). The van der Waals surface area contributed by atoms with Gasteiger partial charge in [0.15, 0.2) is 0 Å². The van der Waals surface area contributed by atoms with Gasteiger partial charge in [0.05, 0.1) is 12.7 Å². The van der Waals surface area contributed by atoms with Crippen LogP contribution in [0.15, 0.2) is 0 Å². The maximum absolute atomic E-state index is 9.46. The number of rotatable bonds is 3. The zero-order valence-corrected chi connectivity index (χ0v) is 7.03. The average molecular weight is 159 g/mol. The van der Waals surface area contributed by atoms with Crippen LogP contribution in [0.1, 0.15) is 19.3 Å². The van der Waals surface area contributed by atoms with Gasteiger partial charge in [-0.1, -0.05) is 0 Å². The zero-order valence-electron chi connectivity index (χ0n) is 7.03. The van der Waals surface area contributed by atoms with Crippen molar-refractivity contribution in [2.45, 2.75) is 31.4 Å². The van der Waals surface area contributed by atoms with Gasteiger partial charge in [-0.2, -0.15) is 0 Å². The normalized spacial score (nSPS) is 31.6. The van der Waals surface area contributed by atoms with Crippen LogP contribution in [0.4, 0.5) is 0 Å². The van der Waals surface area contributed by atoms with E-state index in [9.17, 15) is 5.11 Å². The lowest BCUT2D eigenvalue weighted by atomic mass is 10.2. The molecule has 3 nitrogen and oxygen atoms in total. The second-order valence-corrected chi connectivity index (χ2v) is 3.27. The highest BCUT2D eigenvalue weighted by atomic mass is 16.3. The van der Waals surface area contributed by atoms with Gasteiger partial charge >= 0.3 is 0 Å². The van der Waals surface area contributed by atoms with Gasteiger partial charge in [-0.15, -0.1) is 0 Å². The van der Waals surface area contributed by atoms with Crippen LogP contribution >= 0.6 is 0 Å². The molecular formula is C8H17NO2. The highest BCUT2D eigenvalue weighted by Gasteiger charge is 2.27. The Morgan fingerprint density at radius 3 is 2.64 bits per heavy atom. The van der Waals surface area contributed by atoms with Crippen molar-refractivity contribution in [3.63, 3.8) is 0 Å². The molecule has 2 atom stereocenters. The van der Waals surface area contributed by atoms with E-state index in [1.165, 1.54) is 0 Å². The number of aliphatic hydroxyl groups is 2. The van der Waals surface area contributed by atoms with E-state index in [2.05, 4.69) is 0 Å². The monoisotopic (exact) mass is 159 g/mol. The first-order chi connectivity index (χ1) is 5.25. The second-order valence-electron chi connectivity index (χ2n) is 3.27. The summed E-state index contributed by atoms with van der Waals surface area (Å²) in [7, 11) is 1.95. The molecule has 0 aromatic rings. The van der Waals surface area contributed by atoms with Crippen molar-refractivity contribution in [3.05, 3.63) is 0 Å². The summed E-state index contributed by atoms with van der Waals surface area (Å²) in [4.78, 5) is 2.04. The molecule has 0 aromatic carbocycles. The molecule has 1 aliphatic carbocycles. The molecule has 0 amide bonds. The Labute approximate surface area is 67.6 Å². The van der Waals surface area contributed by atoms with Crippen LogP contribution in [0.25, 0.3) is 0 Å². The Morgan fingerprint density at radius 2 is 2.18 bits per heavy atom. The van der Waals surface area contributed by atoms with Crippen LogP contribution in [-0.4, -0.2) is 47.5 Å². The highest BCUT2D eigenvalue weighted by Crippen LogP contribution is 2.22. The number of hydrogen-bond donors (Lipinski definition) is 2. The van der Waals surface area contributed by atoms with E-state index in [-0.39, 0.29) is 18.8 Å². The van der Waals surface area contributed by atoms with E-state index < -0.39 is 0 Å². The van der Waals surface area contributed by atoms with Crippen LogP contribution in [0, 0.1) is 0 Å². The van der Waals surface area contributed by atoms with E-state index in [0.717, 1.165) is 19.3 Å². The maximum Gasteiger partial charge on any atom is 0.0695 e. The minimum Gasteiger partial charge on any atom is -0.395 e. The fourth-order valence-corrected chi connectivity index (χ4v) is 1.76. The van der Waals surface area contributed by atoms with Gasteiger partial charge in [0.1, 0.15) is 0 Å². The van der Waals surface area contributed by atoms with E-state index >= 15 is 0 Å². The van der Waals surface area contributed by atoms with Crippen molar-refractivity contribution in [1.82, 2.24) is 4.90 Å². The van der Waals surface area contributed by atoms with Crippen molar-refractivity contribution < 1.29 is 10.2 Å². The lowest BCUT2D eigenvalue weighted by Gasteiger charge is -2.25. The van der Waals surface area contributed by atoms with Crippen LogP contribution in [-0.2, 0) is 0 Å². The molecule has 0 heterocycles. The molecule has 0 aliphatic heterocycles. The molecule has 0 saturated heterocycles. The summed E-state index contributed by atoms with van der Waals surface area (Å²) in [6, 6.07) is 0.280. The zero-order chi connectivity index (χ0) is 8.27. The van der Waals surface area contributed by atoms with Crippen LogP contribution in [0.3, 0.4) is 0 Å². The minimum absolute atomic E-state index is 0.174. The third-order valence-corrected chi connectivity index (χ3v) is 2.46. The van der Waals surface area contributed by atoms with E-state index in [1.807, 2.05) is 11.9 Å². The topological polar surface area (TPSA) is 43.7 Å². The molecule has 0 unspecified atom stereocenters. The lowest BCUT2D eigenvalue weighted by molar-refractivity contribution is 0.0757. The Balaban J connectivity index is 2.33. The fraction of sp³-hybridized carbons (Fsp3) is 1.00. The van der Waals surface area contributed by atoms with E-state index in [0.29, 0.717) is 6.54 Å².